The van der Waals surface area contributed by atoms with Crippen LogP contribution in [-0.2, 0) is 4.79 Å². The highest BCUT2D eigenvalue weighted by Crippen LogP contribution is 2.22. The normalized spacial score (nSPS) is 11.9. The summed E-state index contributed by atoms with van der Waals surface area (Å²) in [6, 6.07) is 12.8. The third-order valence-corrected chi connectivity index (χ3v) is 3.19. The minimum Gasteiger partial charge on any atom is -0.479 e. The lowest BCUT2D eigenvalue weighted by molar-refractivity contribution is -0.138. The molecule has 0 heterocycles. The highest BCUT2D eigenvalue weighted by molar-refractivity contribution is 5.79. The van der Waals surface area contributed by atoms with Crippen molar-refractivity contribution in [3.05, 3.63) is 64.7 Å². The SMILES string of the molecule is Cc1ccc(NC(C(=O)O)c2cc(C)cc(C)c2)cc1. The van der Waals surface area contributed by atoms with Gasteiger partial charge < -0.3 is 10.4 Å². The molecule has 0 aliphatic rings. The molecule has 0 bridgehead atoms. The third kappa shape index (κ3) is 3.38. The number of carboxylic acid groups (broad SMARTS) is 1. The van der Waals surface area contributed by atoms with Crippen LogP contribution in [0.1, 0.15) is 28.3 Å². The molecule has 0 saturated carbocycles. The molecule has 3 heteroatoms. The predicted molar refractivity (Wildman–Crippen MR) is 81.1 cm³/mol. The Balaban J connectivity index is 2.31. The molecule has 0 spiro atoms. The third-order valence-electron chi connectivity index (χ3n) is 3.19. The first kappa shape index (κ1) is 14.1. The number of nitrogens with one attached hydrogen (secondary N) is 1. The number of hydrogen-bond donors (Lipinski definition) is 2. The Labute approximate surface area is 119 Å². The second-order valence-corrected chi connectivity index (χ2v) is 5.20. The van der Waals surface area contributed by atoms with Crippen molar-refractivity contribution in [2.45, 2.75) is 26.8 Å². The van der Waals surface area contributed by atoms with Crippen molar-refractivity contribution in [3.63, 3.8) is 0 Å². The van der Waals surface area contributed by atoms with Gasteiger partial charge in [-0.05, 0) is 38.5 Å². The largest absolute Gasteiger partial charge is 0.479 e. The van der Waals surface area contributed by atoms with Crippen LogP contribution in [0.2, 0.25) is 0 Å². The Hall–Kier alpha value is -2.29. The smallest absolute Gasteiger partial charge is 0.330 e. The number of rotatable bonds is 4. The monoisotopic (exact) mass is 269 g/mol. The Morgan fingerprint density at radius 1 is 0.950 bits per heavy atom. The number of carbonyl (C=O) groups is 1. The Kier molecular flexibility index (Phi) is 4.08. The summed E-state index contributed by atoms with van der Waals surface area (Å²) in [5, 5.41) is 12.5. The number of aryl methyl sites for hydroxylation is 3. The summed E-state index contributed by atoms with van der Waals surface area (Å²) in [6.45, 7) is 5.95. The van der Waals surface area contributed by atoms with E-state index in [0.29, 0.717) is 0 Å². The van der Waals surface area contributed by atoms with Crippen LogP contribution in [0.3, 0.4) is 0 Å². The summed E-state index contributed by atoms with van der Waals surface area (Å²) in [7, 11) is 0. The van der Waals surface area contributed by atoms with Gasteiger partial charge in [0.05, 0.1) is 0 Å². The molecule has 0 aromatic heterocycles. The zero-order chi connectivity index (χ0) is 14.7. The zero-order valence-electron chi connectivity index (χ0n) is 12.0. The minimum absolute atomic E-state index is 0.740. The van der Waals surface area contributed by atoms with Crippen molar-refractivity contribution in [3.8, 4) is 0 Å². The van der Waals surface area contributed by atoms with E-state index in [1.54, 1.807) is 0 Å². The summed E-state index contributed by atoms with van der Waals surface area (Å²) in [5.74, 6) is -0.879. The molecule has 0 amide bonds. The van der Waals surface area contributed by atoms with Gasteiger partial charge in [-0.1, -0.05) is 47.0 Å². The summed E-state index contributed by atoms with van der Waals surface area (Å²) < 4.78 is 0. The summed E-state index contributed by atoms with van der Waals surface area (Å²) in [4.78, 5) is 11.5. The topological polar surface area (TPSA) is 49.3 Å². The number of anilines is 1. The molecule has 104 valence electrons. The van der Waals surface area contributed by atoms with Crippen LogP contribution < -0.4 is 5.32 Å². The molecule has 0 aliphatic carbocycles. The minimum atomic E-state index is -0.879. The van der Waals surface area contributed by atoms with Gasteiger partial charge in [0.2, 0.25) is 0 Å². The maximum absolute atomic E-state index is 11.5. The summed E-state index contributed by atoms with van der Waals surface area (Å²) in [6.07, 6.45) is 0. The standard InChI is InChI=1S/C17H19NO2/c1-11-4-6-15(7-5-11)18-16(17(19)20)14-9-12(2)8-13(3)10-14/h4-10,16,18H,1-3H3,(H,19,20). The highest BCUT2D eigenvalue weighted by atomic mass is 16.4. The lowest BCUT2D eigenvalue weighted by Crippen LogP contribution is -2.20. The van der Waals surface area contributed by atoms with Crippen LogP contribution in [0, 0.1) is 20.8 Å². The molecule has 2 aromatic carbocycles. The van der Waals surface area contributed by atoms with E-state index >= 15 is 0 Å². The second-order valence-electron chi connectivity index (χ2n) is 5.20. The van der Waals surface area contributed by atoms with Gasteiger partial charge in [-0.15, -0.1) is 0 Å². The van der Waals surface area contributed by atoms with Gasteiger partial charge >= 0.3 is 5.97 Å². The molecule has 0 fully saturated rings. The molecule has 2 N–H and O–H groups in total. The maximum Gasteiger partial charge on any atom is 0.330 e. The molecule has 3 nitrogen and oxygen atoms in total. The first-order valence-electron chi connectivity index (χ1n) is 6.60. The Morgan fingerprint density at radius 3 is 2.00 bits per heavy atom. The lowest BCUT2D eigenvalue weighted by atomic mass is 10.0. The van der Waals surface area contributed by atoms with Gasteiger partial charge in [0.25, 0.3) is 0 Å². The van der Waals surface area contributed by atoms with Crippen molar-refractivity contribution in [2.24, 2.45) is 0 Å². The van der Waals surface area contributed by atoms with E-state index in [0.717, 1.165) is 27.9 Å². The van der Waals surface area contributed by atoms with Crippen LogP contribution >= 0.6 is 0 Å². The van der Waals surface area contributed by atoms with E-state index in [1.807, 2.05) is 63.2 Å². The molecule has 0 saturated heterocycles. The van der Waals surface area contributed by atoms with Gasteiger partial charge in [0.1, 0.15) is 0 Å². The van der Waals surface area contributed by atoms with E-state index < -0.39 is 12.0 Å². The van der Waals surface area contributed by atoms with Gasteiger partial charge in [-0.2, -0.15) is 0 Å². The number of hydrogen-bond acceptors (Lipinski definition) is 2. The predicted octanol–water partition coefficient (Wildman–Crippen LogP) is 3.85. The van der Waals surface area contributed by atoms with Crippen molar-refractivity contribution >= 4 is 11.7 Å². The van der Waals surface area contributed by atoms with E-state index in [9.17, 15) is 9.90 Å². The molecular weight excluding hydrogens is 250 g/mol. The Bertz CT molecular complexity index is 597. The van der Waals surface area contributed by atoms with E-state index in [1.165, 1.54) is 0 Å². The fraction of sp³-hybridized carbons (Fsp3) is 0.235. The first-order chi connectivity index (χ1) is 9.45. The summed E-state index contributed by atoms with van der Waals surface area (Å²) in [5.41, 5.74) is 4.86. The van der Waals surface area contributed by atoms with Gasteiger partial charge in [-0.25, -0.2) is 4.79 Å². The molecule has 2 rings (SSSR count). The zero-order valence-corrected chi connectivity index (χ0v) is 12.0. The van der Waals surface area contributed by atoms with Crippen LogP contribution in [0.5, 0.6) is 0 Å². The van der Waals surface area contributed by atoms with Crippen LogP contribution in [-0.4, -0.2) is 11.1 Å². The van der Waals surface area contributed by atoms with Crippen molar-refractivity contribution < 1.29 is 9.90 Å². The van der Waals surface area contributed by atoms with Crippen LogP contribution in [0.4, 0.5) is 5.69 Å². The molecule has 2 aromatic rings. The van der Waals surface area contributed by atoms with Crippen molar-refractivity contribution in [1.29, 1.82) is 0 Å². The molecule has 20 heavy (non-hydrogen) atoms. The fourth-order valence-corrected chi connectivity index (χ4v) is 2.28. The van der Waals surface area contributed by atoms with E-state index in [4.69, 9.17) is 0 Å². The first-order valence-corrected chi connectivity index (χ1v) is 6.60. The van der Waals surface area contributed by atoms with Gasteiger partial charge in [-0.3, -0.25) is 0 Å². The second kappa shape index (κ2) is 5.78. The van der Waals surface area contributed by atoms with E-state index in [-0.39, 0.29) is 0 Å². The van der Waals surface area contributed by atoms with Crippen LogP contribution in [0.25, 0.3) is 0 Å². The van der Waals surface area contributed by atoms with Crippen molar-refractivity contribution in [1.82, 2.24) is 0 Å². The molecule has 1 unspecified atom stereocenters. The van der Waals surface area contributed by atoms with E-state index in [2.05, 4.69) is 5.32 Å². The quantitative estimate of drug-likeness (QED) is 0.886. The number of carboxylic acids is 1. The lowest BCUT2D eigenvalue weighted by Gasteiger charge is -2.17. The Morgan fingerprint density at radius 2 is 1.50 bits per heavy atom. The molecular formula is C17H19NO2. The number of aliphatic carboxylic acids is 1. The molecule has 0 radical (unpaired) electrons. The van der Waals surface area contributed by atoms with Gasteiger partial charge in [0, 0.05) is 5.69 Å². The summed E-state index contributed by atoms with van der Waals surface area (Å²) >= 11 is 0. The van der Waals surface area contributed by atoms with Gasteiger partial charge in [0.15, 0.2) is 6.04 Å². The average molecular weight is 269 g/mol. The number of benzene rings is 2. The van der Waals surface area contributed by atoms with Crippen LogP contribution in [0.15, 0.2) is 42.5 Å². The average Bonchev–Trinajstić information content (AvgIpc) is 2.36. The molecule has 0 aliphatic heterocycles. The maximum atomic E-state index is 11.5. The van der Waals surface area contributed by atoms with Crippen molar-refractivity contribution in [2.75, 3.05) is 5.32 Å². The fourth-order valence-electron chi connectivity index (χ4n) is 2.28. The molecule has 1 atom stereocenters. The highest BCUT2D eigenvalue weighted by Gasteiger charge is 2.20.